The highest BCUT2D eigenvalue weighted by atomic mass is 32.2. The van der Waals surface area contributed by atoms with E-state index in [4.69, 9.17) is 0 Å². The molecule has 2 nitrogen and oxygen atoms in total. The van der Waals surface area contributed by atoms with Crippen molar-refractivity contribution in [2.75, 3.05) is 5.75 Å². The monoisotopic (exact) mass is 290 g/mol. The Labute approximate surface area is 128 Å². The fourth-order valence-corrected chi connectivity index (χ4v) is 2.91. The standard InChI is InChI=1S/C17H26N2S/c1-13(2)8-9-20-16-7-6-14(10-15(16)11-18)12-19-17(3,4)5/h6-7,10,13,19H,8-9,12H2,1-5H3. The topological polar surface area (TPSA) is 35.8 Å². The molecule has 0 saturated carbocycles. The Morgan fingerprint density at radius 1 is 1.30 bits per heavy atom. The number of thioether (sulfide) groups is 1. The molecule has 0 aliphatic rings. The second-order valence-corrected chi connectivity index (χ2v) is 7.71. The second kappa shape index (κ2) is 7.71. The van der Waals surface area contributed by atoms with Gasteiger partial charge < -0.3 is 5.32 Å². The normalized spacial score (nSPS) is 11.7. The summed E-state index contributed by atoms with van der Waals surface area (Å²) in [6.45, 7) is 11.7. The van der Waals surface area contributed by atoms with Crippen molar-refractivity contribution in [3.8, 4) is 6.07 Å². The van der Waals surface area contributed by atoms with Gasteiger partial charge in [-0.1, -0.05) is 19.9 Å². The van der Waals surface area contributed by atoms with Crippen LogP contribution in [0.1, 0.15) is 52.2 Å². The van der Waals surface area contributed by atoms with Crippen molar-refractivity contribution in [1.82, 2.24) is 5.32 Å². The lowest BCUT2D eigenvalue weighted by Crippen LogP contribution is -2.35. The Kier molecular flexibility index (Phi) is 6.58. The number of hydrogen-bond acceptors (Lipinski definition) is 3. The average Bonchev–Trinajstić information content (AvgIpc) is 2.36. The molecule has 0 fully saturated rings. The minimum Gasteiger partial charge on any atom is -0.308 e. The van der Waals surface area contributed by atoms with Gasteiger partial charge in [0.05, 0.1) is 5.56 Å². The minimum absolute atomic E-state index is 0.0947. The Bertz CT molecular complexity index is 467. The van der Waals surface area contributed by atoms with Crippen molar-refractivity contribution in [1.29, 1.82) is 5.26 Å². The van der Waals surface area contributed by atoms with Gasteiger partial charge in [-0.15, -0.1) is 11.8 Å². The highest BCUT2D eigenvalue weighted by Crippen LogP contribution is 2.25. The van der Waals surface area contributed by atoms with E-state index in [1.54, 1.807) is 11.8 Å². The van der Waals surface area contributed by atoms with Gasteiger partial charge >= 0.3 is 0 Å². The summed E-state index contributed by atoms with van der Waals surface area (Å²) >= 11 is 1.79. The van der Waals surface area contributed by atoms with Crippen molar-refractivity contribution in [2.24, 2.45) is 5.92 Å². The lowest BCUT2D eigenvalue weighted by molar-refractivity contribution is 0.424. The van der Waals surface area contributed by atoms with Gasteiger partial charge in [0.15, 0.2) is 0 Å². The van der Waals surface area contributed by atoms with E-state index in [0.717, 1.165) is 22.8 Å². The van der Waals surface area contributed by atoms with Gasteiger partial charge in [-0.2, -0.15) is 5.26 Å². The van der Waals surface area contributed by atoms with E-state index in [2.05, 4.69) is 58.1 Å². The molecular formula is C17H26N2S. The average molecular weight is 290 g/mol. The van der Waals surface area contributed by atoms with Crippen LogP contribution in [0.4, 0.5) is 0 Å². The number of benzene rings is 1. The van der Waals surface area contributed by atoms with E-state index in [-0.39, 0.29) is 5.54 Å². The largest absolute Gasteiger partial charge is 0.308 e. The lowest BCUT2D eigenvalue weighted by Gasteiger charge is -2.20. The van der Waals surface area contributed by atoms with Crippen molar-refractivity contribution in [2.45, 2.75) is 58.0 Å². The molecular weight excluding hydrogens is 264 g/mol. The van der Waals surface area contributed by atoms with Crippen LogP contribution in [-0.2, 0) is 6.54 Å². The molecule has 20 heavy (non-hydrogen) atoms. The molecule has 3 heteroatoms. The third-order valence-electron chi connectivity index (χ3n) is 2.94. The van der Waals surface area contributed by atoms with Gasteiger partial charge in [0, 0.05) is 17.0 Å². The molecule has 0 unspecified atom stereocenters. The Morgan fingerprint density at radius 3 is 2.55 bits per heavy atom. The van der Waals surface area contributed by atoms with E-state index >= 15 is 0 Å². The zero-order valence-electron chi connectivity index (χ0n) is 13.3. The van der Waals surface area contributed by atoms with Crippen LogP contribution in [0.3, 0.4) is 0 Å². The quantitative estimate of drug-likeness (QED) is 0.779. The van der Waals surface area contributed by atoms with Gasteiger partial charge in [0.25, 0.3) is 0 Å². The van der Waals surface area contributed by atoms with Gasteiger partial charge in [-0.05, 0) is 56.6 Å². The van der Waals surface area contributed by atoms with Crippen LogP contribution >= 0.6 is 11.8 Å². The Morgan fingerprint density at radius 2 is 2.00 bits per heavy atom. The van der Waals surface area contributed by atoms with Crippen LogP contribution in [0.25, 0.3) is 0 Å². The fraction of sp³-hybridized carbons (Fsp3) is 0.588. The molecule has 0 amide bonds. The van der Waals surface area contributed by atoms with Crippen LogP contribution in [0.15, 0.2) is 23.1 Å². The summed E-state index contributed by atoms with van der Waals surface area (Å²) in [5.74, 6) is 1.79. The molecule has 0 atom stereocenters. The highest BCUT2D eigenvalue weighted by molar-refractivity contribution is 7.99. The third kappa shape index (κ3) is 6.45. The van der Waals surface area contributed by atoms with Crippen molar-refractivity contribution < 1.29 is 0 Å². The van der Waals surface area contributed by atoms with E-state index < -0.39 is 0 Å². The maximum Gasteiger partial charge on any atom is 0.100 e. The molecule has 0 aliphatic carbocycles. The molecule has 0 aromatic heterocycles. The van der Waals surface area contributed by atoms with Crippen molar-refractivity contribution in [3.05, 3.63) is 29.3 Å². The lowest BCUT2D eigenvalue weighted by atomic mass is 10.1. The summed E-state index contributed by atoms with van der Waals surface area (Å²) in [6.07, 6.45) is 1.18. The fourth-order valence-electron chi connectivity index (χ4n) is 1.67. The summed E-state index contributed by atoms with van der Waals surface area (Å²) in [5, 5.41) is 12.7. The van der Waals surface area contributed by atoms with Crippen LogP contribution < -0.4 is 5.32 Å². The summed E-state index contributed by atoms with van der Waals surface area (Å²) in [6, 6.07) is 8.54. The predicted octanol–water partition coefficient (Wildman–Crippen LogP) is 4.58. The molecule has 0 radical (unpaired) electrons. The highest BCUT2D eigenvalue weighted by Gasteiger charge is 2.10. The zero-order valence-corrected chi connectivity index (χ0v) is 14.1. The first-order valence-electron chi connectivity index (χ1n) is 7.22. The van der Waals surface area contributed by atoms with Crippen LogP contribution in [0, 0.1) is 17.2 Å². The summed E-state index contributed by atoms with van der Waals surface area (Å²) in [5.41, 5.74) is 2.06. The van der Waals surface area contributed by atoms with Gasteiger partial charge in [0.1, 0.15) is 6.07 Å². The molecule has 0 spiro atoms. The van der Waals surface area contributed by atoms with Crippen LogP contribution in [0.2, 0.25) is 0 Å². The van der Waals surface area contributed by atoms with Crippen molar-refractivity contribution >= 4 is 11.8 Å². The van der Waals surface area contributed by atoms with E-state index in [9.17, 15) is 5.26 Å². The molecule has 1 rings (SSSR count). The second-order valence-electron chi connectivity index (χ2n) is 6.58. The van der Waals surface area contributed by atoms with Crippen molar-refractivity contribution in [3.63, 3.8) is 0 Å². The maximum absolute atomic E-state index is 9.30. The summed E-state index contributed by atoms with van der Waals surface area (Å²) in [7, 11) is 0. The first-order valence-corrected chi connectivity index (χ1v) is 8.21. The maximum atomic E-state index is 9.30. The van der Waals surface area contributed by atoms with Gasteiger partial charge in [-0.25, -0.2) is 0 Å². The molecule has 1 aromatic rings. The van der Waals surface area contributed by atoms with Crippen LogP contribution in [0.5, 0.6) is 0 Å². The third-order valence-corrected chi connectivity index (χ3v) is 4.05. The molecule has 0 bridgehead atoms. The summed E-state index contributed by atoms with van der Waals surface area (Å²) in [4.78, 5) is 1.10. The molecule has 110 valence electrons. The molecule has 0 aliphatic heterocycles. The zero-order chi connectivity index (χ0) is 15.2. The first kappa shape index (κ1) is 17.1. The molecule has 1 N–H and O–H groups in total. The van der Waals surface area contributed by atoms with Gasteiger partial charge in [0.2, 0.25) is 0 Å². The smallest absolute Gasteiger partial charge is 0.100 e. The number of nitriles is 1. The SMILES string of the molecule is CC(C)CCSc1ccc(CNC(C)(C)C)cc1C#N. The molecule has 1 aromatic carbocycles. The number of hydrogen-bond donors (Lipinski definition) is 1. The molecule has 0 saturated heterocycles. The van der Waals surface area contributed by atoms with Gasteiger partial charge in [-0.3, -0.25) is 0 Å². The minimum atomic E-state index is 0.0947. The predicted molar refractivity (Wildman–Crippen MR) is 87.9 cm³/mol. The Hall–Kier alpha value is -0.980. The molecule has 0 heterocycles. The van der Waals surface area contributed by atoms with E-state index in [0.29, 0.717) is 5.92 Å². The number of nitrogens with zero attached hydrogens (tertiary/aromatic N) is 1. The number of rotatable bonds is 6. The van der Waals surface area contributed by atoms with E-state index in [1.807, 2.05) is 6.07 Å². The Balaban J connectivity index is 2.68. The number of nitrogens with one attached hydrogen (secondary N) is 1. The summed E-state index contributed by atoms with van der Waals surface area (Å²) < 4.78 is 0. The first-order chi connectivity index (χ1) is 9.31. The van der Waals surface area contributed by atoms with Crippen LogP contribution in [-0.4, -0.2) is 11.3 Å². The van der Waals surface area contributed by atoms with E-state index in [1.165, 1.54) is 12.0 Å².